The van der Waals surface area contributed by atoms with Gasteiger partial charge in [-0.2, -0.15) is 5.10 Å². The van der Waals surface area contributed by atoms with Gasteiger partial charge >= 0.3 is 0 Å². The number of aryl methyl sites for hydroxylation is 1. The Kier molecular flexibility index (Phi) is 4.93. The number of hydrogen-bond acceptors (Lipinski definition) is 3. The van der Waals surface area contributed by atoms with Gasteiger partial charge in [0, 0.05) is 24.0 Å². The van der Waals surface area contributed by atoms with Crippen LogP contribution < -0.4 is 10.6 Å². The molecule has 1 aromatic carbocycles. The molecule has 0 saturated heterocycles. The van der Waals surface area contributed by atoms with Crippen molar-refractivity contribution in [1.82, 2.24) is 20.4 Å². The van der Waals surface area contributed by atoms with E-state index in [4.69, 9.17) is 0 Å². The van der Waals surface area contributed by atoms with Crippen LogP contribution in [0.3, 0.4) is 0 Å². The van der Waals surface area contributed by atoms with Crippen molar-refractivity contribution in [2.45, 2.75) is 26.8 Å². The van der Waals surface area contributed by atoms with Crippen molar-refractivity contribution in [3.8, 4) is 5.69 Å². The highest BCUT2D eigenvalue weighted by molar-refractivity contribution is 5.97. The van der Waals surface area contributed by atoms with Crippen molar-refractivity contribution in [3.05, 3.63) is 47.8 Å². The van der Waals surface area contributed by atoms with Crippen LogP contribution in [0.2, 0.25) is 0 Å². The topological polar surface area (TPSA) is 76.0 Å². The summed E-state index contributed by atoms with van der Waals surface area (Å²) in [6, 6.07) is 8.43. The number of amides is 2. The molecule has 2 rings (SSSR count). The number of carbonyl (C=O) groups excluding carboxylic acids is 2. The van der Waals surface area contributed by atoms with E-state index in [9.17, 15) is 9.59 Å². The fraction of sp³-hybridized carbons (Fsp3) is 0.312. The van der Waals surface area contributed by atoms with Crippen molar-refractivity contribution in [1.29, 1.82) is 0 Å². The van der Waals surface area contributed by atoms with Gasteiger partial charge in [-0.25, -0.2) is 4.68 Å². The molecule has 6 nitrogen and oxygen atoms in total. The van der Waals surface area contributed by atoms with Crippen LogP contribution in [0.15, 0.2) is 36.5 Å². The first-order valence-electron chi connectivity index (χ1n) is 7.22. The third kappa shape index (κ3) is 3.52. The van der Waals surface area contributed by atoms with Crippen LogP contribution in [0.4, 0.5) is 0 Å². The van der Waals surface area contributed by atoms with E-state index in [1.54, 1.807) is 29.9 Å². The van der Waals surface area contributed by atoms with Gasteiger partial charge in [-0.1, -0.05) is 0 Å². The van der Waals surface area contributed by atoms with Gasteiger partial charge in [0.25, 0.3) is 5.91 Å². The van der Waals surface area contributed by atoms with Gasteiger partial charge in [-0.15, -0.1) is 0 Å². The summed E-state index contributed by atoms with van der Waals surface area (Å²) in [5.74, 6) is -0.470. The van der Waals surface area contributed by atoms with E-state index < -0.39 is 6.04 Å². The molecule has 0 bridgehead atoms. The molecule has 0 spiro atoms. The SMILES string of the molecule is CCNC(=O)[C@H](C)NC(=O)c1ccc(-n2nccc2C)cc1. The fourth-order valence-electron chi connectivity index (χ4n) is 2.07. The number of likely N-dealkylation sites (N-methyl/N-ethyl adjacent to an activating group) is 1. The Bertz CT molecular complexity index is 661. The maximum absolute atomic E-state index is 12.1. The van der Waals surface area contributed by atoms with Crippen molar-refractivity contribution in [2.24, 2.45) is 0 Å². The van der Waals surface area contributed by atoms with Crippen molar-refractivity contribution in [3.63, 3.8) is 0 Å². The normalized spacial score (nSPS) is 11.8. The summed E-state index contributed by atoms with van der Waals surface area (Å²) in [6.45, 7) is 5.99. The van der Waals surface area contributed by atoms with Crippen LogP contribution in [0.5, 0.6) is 0 Å². The fourth-order valence-corrected chi connectivity index (χ4v) is 2.07. The van der Waals surface area contributed by atoms with Crippen LogP contribution in [-0.2, 0) is 4.79 Å². The summed E-state index contributed by atoms with van der Waals surface area (Å²) in [6.07, 6.45) is 1.73. The molecular formula is C16H20N4O2. The first-order valence-corrected chi connectivity index (χ1v) is 7.22. The van der Waals surface area contributed by atoms with Crippen LogP contribution in [0.25, 0.3) is 5.69 Å². The predicted molar refractivity (Wildman–Crippen MR) is 83.9 cm³/mol. The minimum Gasteiger partial charge on any atom is -0.355 e. The van der Waals surface area contributed by atoms with Crippen LogP contribution in [0.1, 0.15) is 29.9 Å². The molecule has 0 aliphatic rings. The van der Waals surface area contributed by atoms with Crippen LogP contribution >= 0.6 is 0 Å². The van der Waals surface area contributed by atoms with E-state index in [0.717, 1.165) is 11.4 Å². The number of benzene rings is 1. The predicted octanol–water partition coefficient (Wildman–Crippen LogP) is 1.44. The maximum atomic E-state index is 12.1. The number of carbonyl (C=O) groups is 2. The Morgan fingerprint density at radius 1 is 1.23 bits per heavy atom. The summed E-state index contributed by atoms with van der Waals surface area (Å²) >= 11 is 0. The molecule has 1 heterocycles. The largest absolute Gasteiger partial charge is 0.355 e. The maximum Gasteiger partial charge on any atom is 0.251 e. The lowest BCUT2D eigenvalue weighted by molar-refractivity contribution is -0.122. The number of hydrogen-bond donors (Lipinski definition) is 2. The molecule has 0 radical (unpaired) electrons. The minimum atomic E-state index is -0.569. The highest BCUT2D eigenvalue weighted by atomic mass is 16.2. The first kappa shape index (κ1) is 15.8. The standard InChI is InChI=1S/C16H20N4O2/c1-4-17-15(21)12(3)19-16(22)13-5-7-14(8-6-13)20-11(2)9-10-18-20/h5-10,12H,4H2,1-3H3,(H,17,21)(H,19,22)/t12-/m0/s1. The average Bonchev–Trinajstić information content (AvgIpc) is 2.93. The first-order chi connectivity index (χ1) is 10.5. The Morgan fingerprint density at radius 3 is 2.45 bits per heavy atom. The summed E-state index contributed by atoms with van der Waals surface area (Å²) in [4.78, 5) is 23.7. The van der Waals surface area contributed by atoms with Gasteiger partial charge in [-0.05, 0) is 51.1 Å². The third-order valence-corrected chi connectivity index (χ3v) is 3.30. The lowest BCUT2D eigenvalue weighted by Crippen LogP contribution is -2.44. The highest BCUT2D eigenvalue weighted by Gasteiger charge is 2.15. The molecular weight excluding hydrogens is 280 g/mol. The molecule has 1 atom stereocenters. The molecule has 0 unspecified atom stereocenters. The summed E-state index contributed by atoms with van der Waals surface area (Å²) < 4.78 is 1.79. The van der Waals surface area contributed by atoms with Crippen LogP contribution in [0, 0.1) is 6.92 Å². The molecule has 2 aromatic rings. The monoisotopic (exact) mass is 300 g/mol. The lowest BCUT2D eigenvalue weighted by Gasteiger charge is -2.13. The second kappa shape index (κ2) is 6.89. The van der Waals surface area contributed by atoms with E-state index in [0.29, 0.717) is 12.1 Å². The second-order valence-corrected chi connectivity index (χ2v) is 5.02. The molecule has 2 amide bonds. The Morgan fingerprint density at radius 2 is 1.91 bits per heavy atom. The zero-order valence-corrected chi connectivity index (χ0v) is 13.0. The van der Waals surface area contributed by atoms with E-state index in [1.165, 1.54) is 0 Å². The van der Waals surface area contributed by atoms with Crippen molar-refractivity contribution < 1.29 is 9.59 Å². The van der Waals surface area contributed by atoms with Crippen LogP contribution in [-0.4, -0.2) is 34.2 Å². The van der Waals surface area contributed by atoms with E-state index in [-0.39, 0.29) is 11.8 Å². The van der Waals surface area contributed by atoms with Gasteiger partial charge in [-0.3, -0.25) is 9.59 Å². The molecule has 22 heavy (non-hydrogen) atoms. The van der Waals surface area contributed by atoms with E-state index >= 15 is 0 Å². The van der Waals surface area contributed by atoms with E-state index in [2.05, 4.69) is 15.7 Å². The summed E-state index contributed by atoms with van der Waals surface area (Å²) in [7, 11) is 0. The summed E-state index contributed by atoms with van der Waals surface area (Å²) in [5, 5.41) is 9.56. The van der Waals surface area contributed by atoms with Gasteiger partial charge in [0.05, 0.1) is 5.69 Å². The third-order valence-electron chi connectivity index (χ3n) is 3.30. The Labute approximate surface area is 129 Å². The van der Waals surface area contributed by atoms with E-state index in [1.807, 2.05) is 32.0 Å². The zero-order valence-electron chi connectivity index (χ0n) is 13.0. The molecule has 0 aliphatic carbocycles. The van der Waals surface area contributed by atoms with Gasteiger partial charge in [0.1, 0.15) is 6.04 Å². The Balaban J connectivity index is 2.06. The summed E-state index contributed by atoms with van der Waals surface area (Å²) in [5.41, 5.74) is 2.41. The quantitative estimate of drug-likeness (QED) is 0.877. The average molecular weight is 300 g/mol. The second-order valence-electron chi connectivity index (χ2n) is 5.02. The molecule has 116 valence electrons. The van der Waals surface area contributed by atoms with Gasteiger partial charge in [0.2, 0.25) is 5.91 Å². The van der Waals surface area contributed by atoms with Crippen molar-refractivity contribution >= 4 is 11.8 Å². The lowest BCUT2D eigenvalue weighted by atomic mass is 10.1. The van der Waals surface area contributed by atoms with Gasteiger partial charge < -0.3 is 10.6 Å². The molecule has 1 aromatic heterocycles. The zero-order chi connectivity index (χ0) is 16.1. The molecule has 2 N–H and O–H groups in total. The minimum absolute atomic E-state index is 0.195. The molecule has 0 fully saturated rings. The number of nitrogens with one attached hydrogen (secondary N) is 2. The highest BCUT2D eigenvalue weighted by Crippen LogP contribution is 2.11. The van der Waals surface area contributed by atoms with Gasteiger partial charge in [0.15, 0.2) is 0 Å². The Hall–Kier alpha value is -2.63. The molecule has 0 aliphatic heterocycles. The smallest absolute Gasteiger partial charge is 0.251 e. The van der Waals surface area contributed by atoms with Crippen molar-refractivity contribution in [2.75, 3.05) is 6.54 Å². The number of nitrogens with zero attached hydrogens (tertiary/aromatic N) is 2. The number of rotatable bonds is 5. The number of aromatic nitrogens is 2. The molecule has 6 heteroatoms. The molecule has 0 saturated carbocycles.